The van der Waals surface area contributed by atoms with E-state index in [0.717, 1.165) is 38.5 Å². The molecule has 1 N–H and O–H groups in total. The number of aliphatic hydroxyl groups is 1. The van der Waals surface area contributed by atoms with E-state index in [0.29, 0.717) is 13.2 Å². The molecule has 0 amide bonds. The molecule has 3 unspecified atom stereocenters. The van der Waals surface area contributed by atoms with Crippen molar-refractivity contribution in [1.82, 2.24) is 4.31 Å². The lowest BCUT2D eigenvalue weighted by Gasteiger charge is -2.36. The molecule has 0 aromatic rings. The number of hydrogen-bond donors (Lipinski definition) is 1. The van der Waals surface area contributed by atoms with Crippen LogP contribution in [0, 0.1) is 5.92 Å². The van der Waals surface area contributed by atoms with E-state index in [1.54, 1.807) is 4.31 Å². The predicted octanol–water partition coefficient (Wildman–Crippen LogP) is 1.37. The van der Waals surface area contributed by atoms with Crippen molar-refractivity contribution in [3.8, 4) is 0 Å². The molecule has 0 spiro atoms. The summed E-state index contributed by atoms with van der Waals surface area (Å²) in [6, 6.07) is -0.00285. The third-order valence-electron chi connectivity index (χ3n) is 4.57. The fraction of sp³-hybridized carbons (Fsp3) is 1.00. The van der Waals surface area contributed by atoms with Gasteiger partial charge in [0.25, 0.3) is 0 Å². The minimum atomic E-state index is -3.26. The van der Waals surface area contributed by atoms with Crippen LogP contribution in [0.25, 0.3) is 0 Å². The molecule has 0 aromatic heterocycles. The number of nitrogens with zero attached hydrogens (tertiary/aromatic N) is 1. The van der Waals surface area contributed by atoms with Crippen molar-refractivity contribution in [2.45, 2.75) is 57.6 Å². The van der Waals surface area contributed by atoms with Crippen LogP contribution >= 0.6 is 0 Å². The van der Waals surface area contributed by atoms with Gasteiger partial charge in [-0.1, -0.05) is 12.8 Å². The summed E-state index contributed by atoms with van der Waals surface area (Å²) in [6.07, 6.45) is 5.37. The van der Waals surface area contributed by atoms with Gasteiger partial charge >= 0.3 is 0 Å². The quantitative estimate of drug-likeness (QED) is 0.753. The van der Waals surface area contributed by atoms with Gasteiger partial charge in [-0.05, 0) is 32.6 Å². The molecule has 2 rings (SSSR count). The van der Waals surface area contributed by atoms with E-state index in [2.05, 4.69) is 0 Å². The standard InChI is InChI=1S/C14H27NO4S/c1-2-19-10-11-20(17,18)15-9-5-7-13(15)12-6-3-4-8-14(12)16/h12-14,16H,2-11H2,1H3. The van der Waals surface area contributed by atoms with Crippen molar-refractivity contribution in [2.75, 3.05) is 25.5 Å². The van der Waals surface area contributed by atoms with E-state index >= 15 is 0 Å². The summed E-state index contributed by atoms with van der Waals surface area (Å²) in [5.74, 6) is 0.174. The first kappa shape index (κ1) is 16.2. The van der Waals surface area contributed by atoms with Crippen LogP contribution in [0.2, 0.25) is 0 Å². The summed E-state index contributed by atoms with van der Waals surface area (Å²) >= 11 is 0. The van der Waals surface area contributed by atoms with Crippen molar-refractivity contribution < 1.29 is 18.3 Å². The fourth-order valence-corrected chi connectivity index (χ4v) is 5.20. The van der Waals surface area contributed by atoms with Gasteiger partial charge in [0.05, 0.1) is 18.5 Å². The Kier molecular flexibility index (Phi) is 5.84. The van der Waals surface area contributed by atoms with Gasteiger partial charge in [-0.15, -0.1) is 0 Å². The van der Waals surface area contributed by atoms with Crippen molar-refractivity contribution in [3.05, 3.63) is 0 Å². The highest BCUT2D eigenvalue weighted by atomic mass is 32.2. The molecule has 118 valence electrons. The maximum atomic E-state index is 12.4. The summed E-state index contributed by atoms with van der Waals surface area (Å²) in [4.78, 5) is 0. The van der Waals surface area contributed by atoms with Crippen LogP contribution < -0.4 is 0 Å². The largest absolute Gasteiger partial charge is 0.393 e. The first-order valence-electron chi connectivity index (χ1n) is 7.81. The molecule has 1 aliphatic heterocycles. The zero-order valence-electron chi connectivity index (χ0n) is 12.3. The van der Waals surface area contributed by atoms with Crippen LogP contribution in [-0.4, -0.2) is 55.5 Å². The molecule has 1 heterocycles. The minimum Gasteiger partial charge on any atom is -0.393 e. The molecule has 3 atom stereocenters. The third-order valence-corrected chi connectivity index (χ3v) is 6.42. The summed E-state index contributed by atoms with van der Waals surface area (Å²) < 4.78 is 31.7. The number of rotatable bonds is 6. The van der Waals surface area contributed by atoms with Crippen LogP contribution in [0.3, 0.4) is 0 Å². The summed E-state index contributed by atoms with van der Waals surface area (Å²) in [5.41, 5.74) is 0. The molecule has 1 aliphatic carbocycles. The predicted molar refractivity (Wildman–Crippen MR) is 78.0 cm³/mol. The highest BCUT2D eigenvalue weighted by Crippen LogP contribution is 2.35. The molecule has 2 aliphatic rings. The van der Waals surface area contributed by atoms with Crippen molar-refractivity contribution >= 4 is 10.0 Å². The van der Waals surface area contributed by atoms with E-state index in [4.69, 9.17) is 4.74 Å². The van der Waals surface area contributed by atoms with Gasteiger partial charge in [-0.3, -0.25) is 0 Å². The van der Waals surface area contributed by atoms with E-state index in [1.165, 1.54) is 0 Å². The lowest BCUT2D eigenvalue weighted by atomic mass is 9.81. The monoisotopic (exact) mass is 305 g/mol. The van der Waals surface area contributed by atoms with E-state index in [9.17, 15) is 13.5 Å². The highest BCUT2D eigenvalue weighted by Gasteiger charge is 2.41. The smallest absolute Gasteiger partial charge is 0.216 e. The Hall–Kier alpha value is -0.170. The molecule has 2 fully saturated rings. The van der Waals surface area contributed by atoms with Crippen LogP contribution in [0.5, 0.6) is 0 Å². The number of ether oxygens (including phenoxy) is 1. The van der Waals surface area contributed by atoms with Crippen LogP contribution in [0.4, 0.5) is 0 Å². The van der Waals surface area contributed by atoms with Crippen LogP contribution in [0.15, 0.2) is 0 Å². The molecule has 5 nitrogen and oxygen atoms in total. The van der Waals surface area contributed by atoms with Crippen LogP contribution in [0.1, 0.15) is 45.4 Å². The Morgan fingerprint density at radius 2 is 1.95 bits per heavy atom. The Morgan fingerprint density at radius 3 is 2.65 bits per heavy atom. The van der Waals surface area contributed by atoms with Gasteiger partial charge in [-0.2, -0.15) is 4.31 Å². The van der Waals surface area contributed by atoms with Gasteiger partial charge in [0.2, 0.25) is 10.0 Å². The second-order valence-corrected chi connectivity index (χ2v) is 7.89. The number of sulfonamides is 1. The van der Waals surface area contributed by atoms with E-state index in [-0.39, 0.29) is 30.4 Å². The average Bonchev–Trinajstić information content (AvgIpc) is 2.89. The second-order valence-electron chi connectivity index (χ2n) is 5.85. The zero-order chi connectivity index (χ0) is 14.6. The lowest BCUT2D eigenvalue weighted by Crippen LogP contribution is -2.46. The van der Waals surface area contributed by atoms with Crippen molar-refractivity contribution in [1.29, 1.82) is 0 Å². The Balaban J connectivity index is 2.02. The molecule has 20 heavy (non-hydrogen) atoms. The third kappa shape index (κ3) is 3.72. The summed E-state index contributed by atoms with van der Waals surface area (Å²) in [7, 11) is -3.26. The van der Waals surface area contributed by atoms with Gasteiger partial charge in [0, 0.05) is 25.1 Å². The summed E-state index contributed by atoms with van der Waals surface area (Å²) in [6.45, 7) is 3.27. The second kappa shape index (κ2) is 7.20. The molecule has 0 radical (unpaired) electrons. The van der Waals surface area contributed by atoms with E-state index in [1.807, 2.05) is 6.92 Å². The Bertz CT molecular complexity index is 398. The Morgan fingerprint density at radius 1 is 1.20 bits per heavy atom. The molecule has 0 bridgehead atoms. The first-order chi connectivity index (χ1) is 9.56. The fourth-order valence-electron chi connectivity index (χ4n) is 3.55. The SMILES string of the molecule is CCOCCS(=O)(=O)N1CCCC1C1CCCCC1O. The normalized spacial score (nSPS) is 32.6. The Labute approximate surface area is 122 Å². The van der Waals surface area contributed by atoms with Gasteiger partial charge in [0.1, 0.15) is 0 Å². The minimum absolute atomic E-state index is 0.00285. The molecule has 6 heteroatoms. The molecule has 1 saturated carbocycles. The van der Waals surface area contributed by atoms with E-state index < -0.39 is 10.0 Å². The summed E-state index contributed by atoms with van der Waals surface area (Å²) in [5, 5.41) is 10.2. The average molecular weight is 305 g/mol. The van der Waals surface area contributed by atoms with Gasteiger partial charge in [0.15, 0.2) is 0 Å². The van der Waals surface area contributed by atoms with Gasteiger partial charge in [-0.25, -0.2) is 8.42 Å². The number of hydrogen-bond acceptors (Lipinski definition) is 4. The highest BCUT2D eigenvalue weighted by molar-refractivity contribution is 7.89. The van der Waals surface area contributed by atoms with Crippen LogP contribution in [-0.2, 0) is 14.8 Å². The maximum absolute atomic E-state index is 12.4. The van der Waals surface area contributed by atoms with Crippen molar-refractivity contribution in [3.63, 3.8) is 0 Å². The molecule has 1 saturated heterocycles. The zero-order valence-corrected chi connectivity index (χ0v) is 13.1. The first-order valence-corrected chi connectivity index (χ1v) is 9.42. The van der Waals surface area contributed by atoms with Gasteiger partial charge < -0.3 is 9.84 Å². The topological polar surface area (TPSA) is 66.8 Å². The molecule has 0 aromatic carbocycles. The lowest BCUT2D eigenvalue weighted by molar-refractivity contribution is 0.0385. The maximum Gasteiger partial charge on any atom is 0.216 e. The number of aliphatic hydroxyl groups excluding tert-OH is 1. The molecular weight excluding hydrogens is 278 g/mol. The van der Waals surface area contributed by atoms with Crippen molar-refractivity contribution in [2.24, 2.45) is 5.92 Å². The molecular formula is C14H27NO4S.